The largest absolute Gasteiger partial charge is 0.462 e. The number of hydrogen-bond acceptors (Lipinski definition) is 4. The highest BCUT2D eigenvalue weighted by Crippen LogP contribution is 2.17. The molecule has 4 nitrogen and oxygen atoms in total. The molecular formula is C9H15BrO4. The number of ether oxygens (including phenoxy) is 3. The highest BCUT2D eigenvalue weighted by molar-refractivity contribution is 9.10. The van der Waals surface area contributed by atoms with Crippen LogP contribution in [0.5, 0.6) is 0 Å². The molecule has 1 aliphatic heterocycles. The van der Waals surface area contributed by atoms with Crippen LogP contribution in [-0.2, 0) is 19.0 Å². The fraction of sp³-hybridized carbons (Fsp3) is 0.889. The van der Waals surface area contributed by atoms with Crippen molar-refractivity contribution in [1.82, 2.24) is 0 Å². The first-order valence-electron chi connectivity index (χ1n) is 4.55. The number of esters is 1. The van der Waals surface area contributed by atoms with E-state index in [1.54, 1.807) is 13.8 Å². The summed E-state index contributed by atoms with van der Waals surface area (Å²) < 4.78 is 14.5. The number of halogens is 1. The smallest absolute Gasteiger partial charge is 0.322 e. The molecule has 82 valence electrons. The van der Waals surface area contributed by atoms with Gasteiger partial charge in [0.05, 0.1) is 19.8 Å². The maximum Gasteiger partial charge on any atom is 0.322 e. The van der Waals surface area contributed by atoms with Crippen LogP contribution >= 0.6 is 15.9 Å². The van der Waals surface area contributed by atoms with E-state index in [4.69, 9.17) is 14.2 Å². The first-order chi connectivity index (χ1) is 6.50. The van der Waals surface area contributed by atoms with E-state index in [1.807, 2.05) is 0 Å². The van der Waals surface area contributed by atoms with E-state index in [0.717, 1.165) is 6.61 Å². The predicted octanol–water partition coefficient (Wildman–Crippen LogP) is 1.12. The van der Waals surface area contributed by atoms with Crippen LogP contribution in [0, 0.1) is 0 Å². The quantitative estimate of drug-likeness (QED) is 0.313. The molecule has 0 aromatic rings. The van der Waals surface area contributed by atoms with Gasteiger partial charge in [0.1, 0.15) is 17.0 Å². The van der Waals surface area contributed by atoms with E-state index in [9.17, 15) is 4.79 Å². The lowest BCUT2D eigenvalue weighted by atomic mass is 10.2. The summed E-state index contributed by atoms with van der Waals surface area (Å²) in [7, 11) is 0. The molecule has 0 amide bonds. The van der Waals surface area contributed by atoms with Crippen molar-refractivity contribution in [2.45, 2.75) is 24.3 Å². The van der Waals surface area contributed by atoms with Crippen molar-refractivity contribution in [1.29, 1.82) is 0 Å². The van der Waals surface area contributed by atoms with Gasteiger partial charge in [-0.05, 0) is 13.8 Å². The zero-order valence-corrected chi connectivity index (χ0v) is 10.0. The number of carbonyl (C=O) groups is 1. The van der Waals surface area contributed by atoms with Gasteiger partial charge in [-0.3, -0.25) is 4.79 Å². The standard InChI is InChI=1S/C9H15BrO4/c1-9(2,10)8(11)13-4-3-12-5-7-6-14-7/h7H,3-6H2,1-2H3. The summed E-state index contributed by atoms with van der Waals surface area (Å²) in [5, 5.41) is 0. The third-order valence-corrected chi connectivity index (χ3v) is 1.98. The summed E-state index contributed by atoms with van der Waals surface area (Å²) in [5.74, 6) is -0.274. The molecule has 0 saturated carbocycles. The maximum atomic E-state index is 11.2. The van der Waals surface area contributed by atoms with Crippen molar-refractivity contribution in [3.05, 3.63) is 0 Å². The van der Waals surface area contributed by atoms with E-state index in [2.05, 4.69) is 15.9 Å². The fourth-order valence-electron chi connectivity index (χ4n) is 0.744. The van der Waals surface area contributed by atoms with Crippen molar-refractivity contribution >= 4 is 21.9 Å². The van der Waals surface area contributed by atoms with Gasteiger partial charge in [-0.25, -0.2) is 0 Å². The second-order valence-corrected chi connectivity index (χ2v) is 5.62. The summed E-state index contributed by atoms with van der Waals surface area (Å²) in [5.41, 5.74) is 0. The van der Waals surface area contributed by atoms with E-state index in [0.29, 0.717) is 19.8 Å². The monoisotopic (exact) mass is 266 g/mol. The van der Waals surface area contributed by atoms with E-state index >= 15 is 0 Å². The molecule has 0 bridgehead atoms. The summed E-state index contributed by atoms with van der Waals surface area (Å²) in [6.45, 7) is 5.58. The molecule has 1 aliphatic rings. The van der Waals surface area contributed by atoms with Crippen molar-refractivity contribution in [3.8, 4) is 0 Å². The zero-order chi connectivity index (χ0) is 10.6. The second kappa shape index (κ2) is 5.09. The van der Waals surface area contributed by atoms with Gasteiger partial charge >= 0.3 is 5.97 Å². The van der Waals surface area contributed by atoms with Gasteiger partial charge in [0.25, 0.3) is 0 Å². The second-order valence-electron chi connectivity index (χ2n) is 3.64. The fourth-order valence-corrected chi connectivity index (χ4v) is 0.858. The van der Waals surface area contributed by atoms with E-state index < -0.39 is 4.32 Å². The SMILES string of the molecule is CC(C)(Br)C(=O)OCCOCC1CO1. The minimum absolute atomic E-state index is 0.262. The van der Waals surface area contributed by atoms with Crippen LogP contribution in [0.25, 0.3) is 0 Å². The molecule has 1 rings (SSSR count). The summed E-state index contributed by atoms with van der Waals surface area (Å²) in [4.78, 5) is 11.2. The Hall–Kier alpha value is -0.130. The number of epoxide rings is 1. The van der Waals surface area contributed by atoms with Crippen molar-refractivity contribution in [2.24, 2.45) is 0 Å². The Bertz CT molecular complexity index is 195. The Morgan fingerprint density at radius 2 is 2.21 bits per heavy atom. The minimum Gasteiger partial charge on any atom is -0.462 e. The molecule has 1 heterocycles. The molecular weight excluding hydrogens is 252 g/mol. The Labute approximate surface area is 92.0 Å². The van der Waals surface area contributed by atoms with Gasteiger partial charge < -0.3 is 14.2 Å². The molecule has 0 aliphatic carbocycles. The average molecular weight is 267 g/mol. The minimum atomic E-state index is -0.618. The summed E-state index contributed by atoms with van der Waals surface area (Å²) in [6.07, 6.45) is 0.262. The first-order valence-corrected chi connectivity index (χ1v) is 5.35. The van der Waals surface area contributed by atoms with E-state index in [-0.39, 0.29) is 12.1 Å². The lowest BCUT2D eigenvalue weighted by molar-refractivity contribution is -0.146. The third-order valence-electron chi connectivity index (χ3n) is 1.65. The van der Waals surface area contributed by atoms with Gasteiger partial charge in [0.15, 0.2) is 0 Å². The molecule has 0 radical (unpaired) electrons. The Kier molecular flexibility index (Phi) is 4.34. The summed E-state index contributed by atoms with van der Waals surface area (Å²) in [6, 6.07) is 0. The predicted molar refractivity (Wildman–Crippen MR) is 54.5 cm³/mol. The molecule has 14 heavy (non-hydrogen) atoms. The number of carbonyl (C=O) groups excluding carboxylic acids is 1. The topological polar surface area (TPSA) is 48.1 Å². The van der Waals surface area contributed by atoms with Crippen molar-refractivity contribution in [3.63, 3.8) is 0 Å². The third kappa shape index (κ3) is 4.93. The lowest BCUT2D eigenvalue weighted by Gasteiger charge is -2.14. The summed E-state index contributed by atoms with van der Waals surface area (Å²) >= 11 is 3.21. The van der Waals surface area contributed by atoms with Gasteiger partial charge in [-0.15, -0.1) is 0 Å². The Morgan fingerprint density at radius 3 is 2.71 bits per heavy atom. The van der Waals surface area contributed by atoms with Crippen LogP contribution < -0.4 is 0 Å². The van der Waals surface area contributed by atoms with Gasteiger partial charge in [-0.2, -0.15) is 0 Å². The van der Waals surface area contributed by atoms with Gasteiger partial charge in [-0.1, -0.05) is 15.9 Å². The highest BCUT2D eigenvalue weighted by Gasteiger charge is 2.25. The molecule has 0 N–H and O–H groups in total. The lowest BCUT2D eigenvalue weighted by Crippen LogP contribution is -2.27. The molecule has 5 heteroatoms. The zero-order valence-electron chi connectivity index (χ0n) is 8.42. The molecule has 1 saturated heterocycles. The number of rotatable bonds is 6. The van der Waals surface area contributed by atoms with Crippen LogP contribution in [0.1, 0.15) is 13.8 Å². The first kappa shape index (κ1) is 11.9. The molecule has 0 aromatic carbocycles. The van der Waals surface area contributed by atoms with Gasteiger partial charge in [0.2, 0.25) is 0 Å². The van der Waals surface area contributed by atoms with E-state index in [1.165, 1.54) is 0 Å². The Balaban J connectivity index is 1.94. The normalized spacial score (nSPS) is 20.6. The molecule has 1 atom stereocenters. The van der Waals surface area contributed by atoms with Gasteiger partial charge in [0, 0.05) is 0 Å². The van der Waals surface area contributed by atoms with Crippen LogP contribution in [-0.4, -0.2) is 42.8 Å². The highest BCUT2D eigenvalue weighted by atomic mass is 79.9. The average Bonchev–Trinajstić information content (AvgIpc) is 2.85. The molecule has 0 spiro atoms. The number of hydrogen-bond donors (Lipinski definition) is 0. The molecule has 1 fully saturated rings. The Morgan fingerprint density at radius 1 is 1.57 bits per heavy atom. The van der Waals surface area contributed by atoms with Crippen LogP contribution in [0.2, 0.25) is 0 Å². The number of alkyl halides is 1. The van der Waals surface area contributed by atoms with Crippen molar-refractivity contribution in [2.75, 3.05) is 26.4 Å². The van der Waals surface area contributed by atoms with Crippen LogP contribution in [0.15, 0.2) is 0 Å². The maximum absolute atomic E-state index is 11.2. The van der Waals surface area contributed by atoms with Crippen molar-refractivity contribution < 1.29 is 19.0 Å². The molecule has 1 unspecified atom stereocenters. The van der Waals surface area contributed by atoms with Crippen LogP contribution in [0.4, 0.5) is 0 Å². The van der Waals surface area contributed by atoms with Crippen LogP contribution in [0.3, 0.4) is 0 Å². The molecule has 0 aromatic heterocycles.